The van der Waals surface area contributed by atoms with Crippen LogP contribution >= 0.6 is 11.6 Å². The maximum absolute atomic E-state index is 12.4. The maximum Gasteiger partial charge on any atom is 0.269 e. The Kier molecular flexibility index (Phi) is 4.64. The van der Waals surface area contributed by atoms with Crippen molar-refractivity contribution >= 4 is 27.3 Å². The van der Waals surface area contributed by atoms with E-state index in [1.807, 2.05) is 4.57 Å². The lowest BCUT2D eigenvalue weighted by Gasteiger charge is -2.16. The molecule has 1 aliphatic rings. The minimum absolute atomic E-state index is 0.0871. The van der Waals surface area contributed by atoms with Crippen LogP contribution < -0.4 is 5.32 Å². The molecule has 0 bridgehead atoms. The number of benzene rings is 1. The summed E-state index contributed by atoms with van der Waals surface area (Å²) in [7, 11) is -3.36. The Morgan fingerprint density at radius 3 is 2.88 bits per heavy atom. The molecule has 1 amide bonds. The number of sulfone groups is 1. The van der Waals surface area contributed by atoms with Crippen LogP contribution in [-0.2, 0) is 29.3 Å². The highest BCUT2D eigenvalue weighted by atomic mass is 35.5. The first-order chi connectivity index (χ1) is 11.4. The molecule has 0 saturated carbocycles. The highest BCUT2D eigenvalue weighted by molar-refractivity contribution is 7.90. The van der Waals surface area contributed by atoms with Crippen LogP contribution in [0.3, 0.4) is 0 Å². The van der Waals surface area contributed by atoms with Crippen molar-refractivity contribution < 1.29 is 13.2 Å². The average molecular weight is 368 g/mol. The topological polar surface area (TPSA) is 81.1 Å². The number of aromatic nitrogens is 2. The summed E-state index contributed by atoms with van der Waals surface area (Å²) in [5.74, 6) is 0.755. The monoisotopic (exact) mass is 367 g/mol. The quantitative estimate of drug-likeness (QED) is 0.898. The number of fused-ring (bicyclic) bond motifs is 1. The number of nitrogens with zero attached hydrogens (tertiary/aromatic N) is 2. The van der Waals surface area contributed by atoms with Gasteiger partial charge in [0.1, 0.15) is 11.5 Å². The SMILES string of the molecule is CS(=O)(=O)c1ccc(CNC(=O)c2cnc3n2CCCC3)cc1Cl. The molecule has 0 radical (unpaired) electrons. The largest absolute Gasteiger partial charge is 0.347 e. The van der Waals surface area contributed by atoms with Gasteiger partial charge in [0, 0.05) is 25.8 Å². The molecular formula is C16H18ClN3O3S. The summed E-state index contributed by atoms with van der Waals surface area (Å²) in [4.78, 5) is 16.7. The highest BCUT2D eigenvalue weighted by Crippen LogP contribution is 2.22. The molecule has 1 aliphatic heterocycles. The van der Waals surface area contributed by atoms with Gasteiger partial charge in [-0.1, -0.05) is 17.7 Å². The number of halogens is 1. The molecule has 6 nitrogen and oxygen atoms in total. The molecule has 128 valence electrons. The first-order valence-electron chi connectivity index (χ1n) is 7.67. The lowest BCUT2D eigenvalue weighted by molar-refractivity contribution is 0.0940. The normalized spacial score (nSPS) is 14.2. The molecule has 1 aromatic heterocycles. The first kappa shape index (κ1) is 17.0. The number of carbonyl (C=O) groups excluding carboxylic acids is 1. The van der Waals surface area contributed by atoms with Gasteiger partial charge in [-0.2, -0.15) is 0 Å². The molecule has 2 heterocycles. The van der Waals surface area contributed by atoms with E-state index in [4.69, 9.17) is 11.6 Å². The number of aryl methyl sites for hydroxylation is 1. The van der Waals surface area contributed by atoms with E-state index in [9.17, 15) is 13.2 Å². The van der Waals surface area contributed by atoms with Crippen LogP contribution in [0.25, 0.3) is 0 Å². The van der Waals surface area contributed by atoms with Gasteiger partial charge in [-0.15, -0.1) is 0 Å². The van der Waals surface area contributed by atoms with Gasteiger partial charge in [0.25, 0.3) is 5.91 Å². The second kappa shape index (κ2) is 6.57. The minimum Gasteiger partial charge on any atom is -0.347 e. The lowest BCUT2D eigenvalue weighted by atomic mass is 10.1. The van der Waals surface area contributed by atoms with Crippen LogP contribution in [0.5, 0.6) is 0 Å². The van der Waals surface area contributed by atoms with Crippen molar-refractivity contribution in [2.45, 2.75) is 37.2 Å². The van der Waals surface area contributed by atoms with Crippen LogP contribution in [0, 0.1) is 0 Å². The highest BCUT2D eigenvalue weighted by Gasteiger charge is 2.19. The summed E-state index contributed by atoms with van der Waals surface area (Å²) in [5.41, 5.74) is 1.29. The van der Waals surface area contributed by atoms with Gasteiger partial charge >= 0.3 is 0 Å². The third-order valence-electron chi connectivity index (χ3n) is 4.05. The van der Waals surface area contributed by atoms with E-state index in [-0.39, 0.29) is 22.4 Å². The molecule has 24 heavy (non-hydrogen) atoms. The number of imidazole rings is 1. The number of amides is 1. The Bertz CT molecular complexity index is 890. The van der Waals surface area contributed by atoms with Crippen molar-refractivity contribution in [2.75, 3.05) is 6.26 Å². The Labute approximate surface area is 145 Å². The van der Waals surface area contributed by atoms with Crippen LogP contribution in [0.15, 0.2) is 29.3 Å². The molecule has 0 aliphatic carbocycles. The maximum atomic E-state index is 12.4. The Balaban J connectivity index is 1.71. The van der Waals surface area contributed by atoms with Gasteiger partial charge in [0.05, 0.1) is 16.1 Å². The smallest absolute Gasteiger partial charge is 0.269 e. The fourth-order valence-corrected chi connectivity index (χ4v) is 4.18. The summed E-state index contributed by atoms with van der Waals surface area (Å²) in [6, 6.07) is 4.66. The molecule has 3 rings (SSSR count). The summed E-state index contributed by atoms with van der Waals surface area (Å²) < 4.78 is 25.1. The van der Waals surface area contributed by atoms with Crippen molar-refractivity contribution in [3.05, 3.63) is 46.5 Å². The van der Waals surface area contributed by atoms with Crippen molar-refractivity contribution in [3.8, 4) is 0 Å². The standard InChI is InChI=1S/C16H18ClN3O3S/c1-24(22,23)14-6-5-11(8-12(14)17)9-19-16(21)13-10-18-15-4-2-3-7-20(13)15/h5-6,8,10H,2-4,7,9H2,1H3,(H,19,21). The molecular weight excluding hydrogens is 350 g/mol. The van der Waals surface area contributed by atoms with E-state index in [0.717, 1.165) is 43.5 Å². The van der Waals surface area contributed by atoms with E-state index in [0.29, 0.717) is 5.69 Å². The van der Waals surface area contributed by atoms with E-state index < -0.39 is 9.84 Å². The van der Waals surface area contributed by atoms with Crippen molar-refractivity contribution in [1.82, 2.24) is 14.9 Å². The van der Waals surface area contributed by atoms with E-state index >= 15 is 0 Å². The molecule has 0 atom stereocenters. The molecule has 1 N–H and O–H groups in total. The predicted octanol–water partition coefficient (Wildman–Crippen LogP) is 2.21. The summed E-state index contributed by atoms with van der Waals surface area (Å²) in [5, 5.41) is 2.99. The summed E-state index contributed by atoms with van der Waals surface area (Å²) in [6.45, 7) is 1.08. The third-order valence-corrected chi connectivity index (χ3v) is 5.63. The zero-order valence-electron chi connectivity index (χ0n) is 13.3. The molecule has 8 heteroatoms. The number of rotatable bonds is 4. The zero-order valence-corrected chi connectivity index (χ0v) is 14.8. The number of hydrogen-bond acceptors (Lipinski definition) is 4. The Morgan fingerprint density at radius 1 is 1.38 bits per heavy atom. The average Bonchev–Trinajstić information content (AvgIpc) is 2.95. The van der Waals surface area contributed by atoms with Gasteiger partial charge in [0.15, 0.2) is 9.84 Å². The van der Waals surface area contributed by atoms with Crippen LogP contribution in [0.4, 0.5) is 0 Å². The minimum atomic E-state index is -3.36. The molecule has 0 unspecified atom stereocenters. The van der Waals surface area contributed by atoms with E-state index in [2.05, 4.69) is 10.3 Å². The predicted molar refractivity (Wildman–Crippen MR) is 90.9 cm³/mol. The third kappa shape index (κ3) is 3.47. The van der Waals surface area contributed by atoms with Gasteiger partial charge in [-0.05, 0) is 30.5 Å². The Hall–Kier alpha value is -1.86. The number of carbonyl (C=O) groups is 1. The van der Waals surface area contributed by atoms with Gasteiger partial charge in [0.2, 0.25) is 0 Å². The second-order valence-electron chi connectivity index (χ2n) is 5.89. The van der Waals surface area contributed by atoms with E-state index in [1.165, 1.54) is 6.07 Å². The first-order valence-corrected chi connectivity index (χ1v) is 9.94. The summed E-state index contributed by atoms with van der Waals surface area (Å²) in [6.07, 6.45) is 5.76. The van der Waals surface area contributed by atoms with Crippen molar-refractivity contribution in [2.24, 2.45) is 0 Å². The van der Waals surface area contributed by atoms with Crippen LogP contribution in [-0.4, -0.2) is 30.1 Å². The summed E-state index contributed by atoms with van der Waals surface area (Å²) >= 11 is 6.02. The molecule has 1 aromatic carbocycles. The number of hydrogen-bond donors (Lipinski definition) is 1. The van der Waals surface area contributed by atoms with Gasteiger partial charge in [-0.25, -0.2) is 13.4 Å². The second-order valence-corrected chi connectivity index (χ2v) is 8.28. The molecule has 0 spiro atoms. The zero-order chi connectivity index (χ0) is 17.3. The van der Waals surface area contributed by atoms with E-state index in [1.54, 1.807) is 18.3 Å². The molecule has 0 fully saturated rings. The lowest BCUT2D eigenvalue weighted by Crippen LogP contribution is -2.26. The van der Waals surface area contributed by atoms with Gasteiger partial charge in [-0.3, -0.25) is 4.79 Å². The van der Waals surface area contributed by atoms with Gasteiger partial charge < -0.3 is 9.88 Å². The molecule has 2 aromatic rings. The number of nitrogens with one attached hydrogen (secondary N) is 1. The van der Waals surface area contributed by atoms with Crippen LogP contribution in [0.2, 0.25) is 5.02 Å². The van der Waals surface area contributed by atoms with Crippen LogP contribution in [0.1, 0.15) is 34.7 Å². The molecule has 0 saturated heterocycles. The van der Waals surface area contributed by atoms with Crippen molar-refractivity contribution in [1.29, 1.82) is 0 Å². The van der Waals surface area contributed by atoms with Crippen molar-refractivity contribution in [3.63, 3.8) is 0 Å². The fraction of sp³-hybridized carbons (Fsp3) is 0.375. The fourth-order valence-electron chi connectivity index (χ4n) is 2.83. The Morgan fingerprint density at radius 2 is 2.17 bits per heavy atom.